The molecule has 1 aromatic rings. The first kappa shape index (κ1) is 9.22. The fraction of sp³-hybridized carbons (Fsp3) is 0.636. The Morgan fingerprint density at radius 3 is 3.08 bits per heavy atom. The summed E-state index contributed by atoms with van der Waals surface area (Å²) in [6.45, 7) is 3.34. The Bertz CT molecular complexity index is 239. The van der Waals surface area contributed by atoms with Crippen molar-refractivity contribution in [1.29, 1.82) is 0 Å². The third-order valence-corrected chi connectivity index (χ3v) is 3.35. The molecule has 0 bridgehead atoms. The zero-order chi connectivity index (χ0) is 9.10. The van der Waals surface area contributed by atoms with Crippen molar-refractivity contribution in [2.75, 3.05) is 0 Å². The minimum atomic E-state index is 0.687. The zero-order valence-electron chi connectivity index (χ0n) is 8.12. The van der Waals surface area contributed by atoms with Crippen molar-refractivity contribution < 1.29 is 0 Å². The van der Waals surface area contributed by atoms with Gasteiger partial charge in [0.2, 0.25) is 0 Å². The first-order chi connectivity index (χ1) is 6.34. The van der Waals surface area contributed by atoms with Gasteiger partial charge in [-0.1, -0.05) is 12.8 Å². The van der Waals surface area contributed by atoms with Gasteiger partial charge in [0.05, 0.1) is 0 Å². The number of thiophene rings is 1. The summed E-state index contributed by atoms with van der Waals surface area (Å²) in [5.41, 5.74) is 1.42. The molecule has 0 aliphatic heterocycles. The Hall–Kier alpha value is -0.340. The number of rotatable bonds is 5. The molecule has 0 aromatic carbocycles. The first-order valence-electron chi connectivity index (χ1n) is 5.09. The second-order valence-electron chi connectivity index (χ2n) is 4.09. The van der Waals surface area contributed by atoms with Gasteiger partial charge < -0.3 is 5.32 Å². The average molecular weight is 195 g/mol. The van der Waals surface area contributed by atoms with Crippen molar-refractivity contribution in [1.82, 2.24) is 5.32 Å². The predicted molar refractivity (Wildman–Crippen MR) is 58.0 cm³/mol. The van der Waals surface area contributed by atoms with Crippen LogP contribution in [0.15, 0.2) is 16.8 Å². The Balaban J connectivity index is 1.66. The highest BCUT2D eigenvalue weighted by atomic mass is 32.1. The van der Waals surface area contributed by atoms with Gasteiger partial charge in [0.15, 0.2) is 0 Å². The second kappa shape index (κ2) is 4.25. The molecule has 1 saturated carbocycles. The van der Waals surface area contributed by atoms with Crippen molar-refractivity contribution in [2.24, 2.45) is 5.92 Å². The van der Waals surface area contributed by atoms with E-state index in [1.165, 1.54) is 24.8 Å². The maximum absolute atomic E-state index is 3.56. The van der Waals surface area contributed by atoms with E-state index < -0.39 is 0 Å². The fourth-order valence-electron chi connectivity index (χ4n) is 1.62. The van der Waals surface area contributed by atoms with Crippen molar-refractivity contribution in [2.45, 2.75) is 38.8 Å². The van der Waals surface area contributed by atoms with E-state index in [1.54, 1.807) is 11.3 Å². The van der Waals surface area contributed by atoms with Gasteiger partial charge in [-0.05, 0) is 41.7 Å². The van der Waals surface area contributed by atoms with Crippen LogP contribution < -0.4 is 5.32 Å². The summed E-state index contributed by atoms with van der Waals surface area (Å²) >= 11 is 1.78. The van der Waals surface area contributed by atoms with Crippen LogP contribution in [0.2, 0.25) is 0 Å². The van der Waals surface area contributed by atoms with Crippen LogP contribution >= 0.6 is 11.3 Å². The highest BCUT2D eigenvalue weighted by Crippen LogP contribution is 2.33. The predicted octanol–water partition coefficient (Wildman–Crippen LogP) is 3.03. The van der Waals surface area contributed by atoms with E-state index in [-0.39, 0.29) is 0 Å². The Kier molecular flexibility index (Phi) is 3.01. The molecule has 0 radical (unpaired) electrons. The molecule has 1 aliphatic rings. The van der Waals surface area contributed by atoms with E-state index in [0.29, 0.717) is 6.04 Å². The van der Waals surface area contributed by atoms with Gasteiger partial charge in [-0.25, -0.2) is 0 Å². The molecule has 1 fully saturated rings. The summed E-state index contributed by atoms with van der Waals surface area (Å²) in [5.74, 6) is 1.03. The lowest BCUT2D eigenvalue weighted by Gasteiger charge is -2.12. The Morgan fingerprint density at radius 1 is 1.62 bits per heavy atom. The minimum absolute atomic E-state index is 0.687. The molecule has 1 nitrogen and oxygen atoms in total. The molecular weight excluding hydrogens is 178 g/mol. The Morgan fingerprint density at radius 2 is 2.46 bits per heavy atom. The molecule has 13 heavy (non-hydrogen) atoms. The van der Waals surface area contributed by atoms with Crippen LogP contribution in [0.3, 0.4) is 0 Å². The van der Waals surface area contributed by atoms with Crippen LogP contribution in [0.25, 0.3) is 0 Å². The highest BCUT2D eigenvalue weighted by molar-refractivity contribution is 7.07. The van der Waals surface area contributed by atoms with E-state index in [2.05, 4.69) is 29.1 Å². The van der Waals surface area contributed by atoms with Crippen molar-refractivity contribution in [3.63, 3.8) is 0 Å². The quantitative estimate of drug-likeness (QED) is 0.761. The topological polar surface area (TPSA) is 12.0 Å². The lowest BCUT2D eigenvalue weighted by atomic mass is 10.1. The summed E-state index contributed by atoms with van der Waals surface area (Å²) in [4.78, 5) is 0. The minimum Gasteiger partial charge on any atom is -0.310 e. The van der Waals surface area contributed by atoms with Crippen LogP contribution in [0.4, 0.5) is 0 Å². The maximum atomic E-state index is 3.56. The normalized spacial score (nSPS) is 18.8. The Labute approximate surface area is 84.2 Å². The van der Waals surface area contributed by atoms with Crippen LogP contribution in [0.5, 0.6) is 0 Å². The largest absolute Gasteiger partial charge is 0.310 e. The molecule has 1 heterocycles. The number of nitrogens with one attached hydrogen (secondary N) is 1. The van der Waals surface area contributed by atoms with E-state index in [9.17, 15) is 0 Å². The average Bonchev–Trinajstić information content (AvgIpc) is 2.78. The summed E-state index contributed by atoms with van der Waals surface area (Å²) in [7, 11) is 0. The molecule has 2 rings (SSSR count). The zero-order valence-corrected chi connectivity index (χ0v) is 8.94. The number of hydrogen-bond acceptors (Lipinski definition) is 2. The van der Waals surface area contributed by atoms with Crippen molar-refractivity contribution in [3.05, 3.63) is 22.4 Å². The highest BCUT2D eigenvalue weighted by Gasteiger charge is 2.23. The monoisotopic (exact) mass is 195 g/mol. The number of hydrogen-bond donors (Lipinski definition) is 1. The van der Waals surface area contributed by atoms with Crippen LogP contribution in [0, 0.1) is 5.92 Å². The first-order valence-corrected chi connectivity index (χ1v) is 6.03. The van der Waals surface area contributed by atoms with Crippen LogP contribution in [-0.2, 0) is 6.54 Å². The third-order valence-electron chi connectivity index (χ3n) is 2.62. The molecule has 72 valence electrons. The van der Waals surface area contributed by atoms with Gasteiger partial charge in [-0.3, -0.25) is 0 Å². The molecule has 0 saturated heterocycles. The summed E-state index contributed by atoms with van der Waals surface area (Å²) in [6.07, 6.45) is 4.29. The molecule has 2 heteroatoms. The van der Waals surface area contributed by atoms with Crippen LogP contribution in [-0.4, -0.2) is 6.04 Å². The molecule has 0 spiro atoms. The smallest absolute Gasteiger partial charge is 0.0216 e. The van der Waals surface area contributed by atoms with E-state index >= 15 is 0 Å². The van der Waals surface area contributed by atoms with Gasteiger partial charge in [0.1, 0.15) is 0 Å². The van der Waals surface area contributed by atoms with E-state index in [0.717, 1.165) is 12.5 Å². The maximum Gasteiger partial charge on any atom is 0.0216 e. The van der Waals surface area contributed by atoms with Crippen LogP contribution in [0.1, 0.15) is 31.7 Å². The van der Waals surface area contributed by atoms with Gasteiger partial charge in [-0.15, -0.1) is 0 Å². The van der Waals surface area contributed by atoms with E-state index in [1.807, 2.05) is 0 Å². The molecule has 1 atom stereocenters. The molecule has 0 amide bonds. The summed E-state index contributed by atoms with van der Waals surface area (Å²) < 4.78 is 0. The second-order valence-corrected chi connectivity index (χ2v) is 4.87. The standard InChI is InChI=1S/C11H17NS/c1-9(6-10-2-3-10)12-7-11-4-5-13-8-11/h4-5,8-10,12H,2-3,6-7H2,1H3. The molecule has 1 aliphatic carbocycles. The van der Waals surface area contributed by atoms with Gasteiger partial charge in [0.25, 0.3) is 0 Å². The third kappa shape index (κ3) is 3.12. The summed E-state index contributed by atoms with van der Waals surface area (Å²) in [5, 5.41) is 7.92. The van der Waals surface area contributed by atoms with Crippen molar-refractivity contribution >= 4 is 11.3 Å². The van der Waals surface area contributed by atoms with Gasteiger partial charge in [0, 0.05) is 12.6 Å². The molecule has 1 unspecified atom stereocenters. The fourth-order valence-corrected chi connectivity index (χ4v) is 2.29. The lowest BCUT2D eigenvalue weighted by Crippen LogP contribution is -2.25. The SMILES string of the molecule is CC(CC1CC1)NCc1ccsc1. The molecule has 1 aromatic heterocycles. The van der Waals surface area contributed by atoms with Crippen molar-refractivity contribution in [3.8, 4) is 0 Å². The van der Waals surface area contributed by atoms with Gasteiger partial charge >= 0.3 is 0 Å². The molecule has 1 N–H and O–H groups in total. The van der Waals surface area contributed by atoms with E-state index in [4.69, 9.17) is 0 Å². The molecular formula is C11H17NS. The lowest BCUT2D eigenvalue weighted by molar-refractivity contribution is 0.488. The summed E-state index contributed by atoms with van der Waals surface area (Å²) in [6, 6.07) is 2.88. The van der Waals surface area contributed by atoms with Gasteiger partial charge in [-0.2, -0.15) is 11.3 Å².